The zero-order chi connectivity index (χ0) is 21.9. The van der Waals surface area contributed by atoms with Crippen LogP contribution in [0.4, 0.5) is 0 Å². The predicted octanol–water partition coefficient (Wildman–Crippen LogP) is 5.78. The second-order valence-electron chi connectivity index (χ2n) is 8.21. The van der Waals surface area contributed by atoms with E-state index < -0.39 is 5.97 Å². The van der Waals surface area contributed by atoms with Gasteiger partial charge in [0.15, 0.2) is 0 Å². The van der Waals surface area contributed by atoms with Crippen molar-refractivity contribution in [1.29, 1.82) is 0 Å². The summed E-state index contributed by atoms with van der Waals surface area (Å²) in [5, 5.41) is 8.99. The molecule has 1 aliphatic rings. The van der Waals surface area contributed by atoms with Gasteiger partial charge in [0.25, 0.3) is 0 Å². The summed E-state index contributed by atoms with van der Waals surface area (Å²) in [6, 6.07) is 14.8. The van der Waals surface area contributed by atoms with E-state index in [4.69, 9.17) is 9.84 Å². The third-order valence-electron chi connectivity index (χ3n) is 5.83. The molecule has 0 radical (unpaired) electrons. The Balaban J connectivity index is 1.27. The maximum Gasteiger partial charge on any atom is 0.335 e. The summed E-state index contributed by atoms with van der Waals surface area (Å²) in [6.45, 7) is 2.60. The van der Waals surface area contributed by atoms with Gasteiger partial charge in [-0.1, -0.05) is 43.5 Å². The van der Waals surface area contributed by atoms with Gasteiger partial charge in [0.05, 0.1) is 12.2 Å². The lowest BCUT2D eigenvalue weighted by molar-refractivity contribution is -0.132. The van der Waals surface area contributed by atoms with Crippen LogP contribution < -0.4 is 4.74 Å². The summed E-state index contributed by atoms with van der Waals surface area (Å²) in [4.78, 5) is 25.1. The smallest absolute Gasteiger partial charge is 0.335 e. The molecule has 166 valence electrons. The van der Waals surface area contributed by atoms with Gasteiger partial charge in [-0.25, -0.2) is 4.79 Å². The molecule has 2 aromatic rings. The van der Waals surface area contributed by atoms with Crippen molar-refractivity contribution in [1.82, 2.24) is 4.90 Å². The van der Waals surface area contributed by atoms with Crippen molar-refractivity contribution in [3.05, 3.63) is 54.1 Å². The number of amides is 1. The minimum absolute atomic E-state index is 0.289. The second kappa shape index (κ2) is 12.1. The molecule has 31 heavy (non-hydrogen) atoms. The fourth-order valence-corrected chi connectivity index (χ4v) is 3.95. The second-order valence-corrected chi connectivity index (χ2v) is 8.21. The van der Waals surface area contributed by atoms with Gasteiger partial charge in [-0.05, 0) is 67.5 Å². The van der Waals surface area contributed by atoms with E-state index in [1.165, 1.54) is 6.42 Å². The number of carbonyl (C=O) groups excluding carboxylic acids is 1. The average molecular weight is 424 g/mol. The van der Waals surface area contributed by atoms with Crippen LogP contribution in [0.5, 0.6) is 5.75 Å². The molecule has 0 aromatic heterocycles. The van der Waals surface area contributed by atoms with Crippen LogP contribution in [-0.2, 0) is 4.79 Å². The third-order valence-corrected chi connectivity index (χ3v) is 5.83. The Kier molecular flexibility index (Phi) is 8.95. The summed E-state index contributed by atoms with van der Waals surface area (Å²) < 4.78 is 5.83. The van der Waals surface area contributed by atoms with Crippen LogP contribution >= 0.6 is 0 Å². The van der Waals surface area contributed by atoms with Gasteiger partial charge in [0, 0.05) is 19.5 Å². The van der Waals surface area contributed by atoms with E-state index in [0.717, 1.165) is 74.9 Å². The number of carboxylic acid groups (broad SMARTS) is 1. The largest absolute Gasteiger partial charge is 0.494 e. The van der Waals surface area contributed by atoms with E-state index in [1.54, 1.807) is 12.1 Å². The van der Waals surface area contributed by atoms with Crippen LogP contribution in [0.2, 0.25) is 0 Å². The van der Waals surface area contributed by atoms with Gasteiger partial charge < -0.3 is 14.7 Å². The highest BCUT2D eigenvalue weighted by Crippen LogP contribution is 2.23. The summed E-state index contributed by atoms with van der Waals surface area (Å²) in [5.74, 6) is 0.267. The maximum absolute atomic E-state index is 12.1. The highest BCUT2D eigenvalue weighted by Gasteiger charge is 2.15. The summed E-state index contributed by atoms with van der Waals surface area (Å²) in [7, 11) is 0. The van der Waals surface area contributed by atoms with E-state index in [2.05, 4.69) is 0 Å². The van der Waals surface area contributed by atoms with Gasteiger partial charge in [0.1, 0.15) is 5.75 Å². The van der Waals surface area contributed by atoms with Crippen molar-refractivity contribution in [2.75, 3.05) is 19.7 Å². The monoisotopic (exact) mass is 423 g/mol. The number of rotatable bonds is 11. The van der Waals surface area contributed by atoms with Gasteiger partial charge in [-0.15, -0.1) is 0 Å². The molecule has 0 unspecified atom stereocenters. The number of aromatic carboxylic acids is 1. The van der Waals surface area contributed by atoms with E-state index in [0.29, 0.717) is 18.9 Å². The molecule has 1 aliphatic heterocycles. The summed E-state index contributed by atoms with van der Waals surface area (Å²) in [5.41, 5.74) is 2.30. The van der Waals surface area contributed by atoms with E-state index in [-0.39, 0.29) is 5.56 Å². The average Bonchev–Trinajstić information content (AvgIpc) is 2.81. The molecule has 1 heterocycles. The Morgan fingerprint density at radius 1 is 0.774 bits per heavy atom. The molecule has 5 nitrogen and oxygen atoms in total. The van der Waals surface area contributed by atoms with Crippen LogP contribution in [-0.4, -0.2) is 41.6 Å². The Morgan fingerprint density at radius 3 is 2.00 bits per heavy atom. The van der Waals surface area contributed by atoms with E-state index in [9.17, 15) is 9.59 Å². The molecule has 1 N–H and O–H groups in total. The molecular weight excluding hydrogens is 390 g/mol. The molecule has 0 aliphatic carbocycles. The Morgan fingerprint density at radius 2 is 1.35 bits per heavy atom. The first-order chi connectivity index (χ1) is 15.1. The van der Waals surface area contributed by atoms with Crippen LogP contribution in [0.15, 0.2) is 48.5 Å². The zero-order valence-corrected chi connectivity index (χ0v) is 18.2. The van der Waals surface area contributed by atoms with Crippen molar-refractivity contribution in [3.63, 3.8) is 0 Å². The lowest BCUT2D eigenvalue weighted by Gasteiger charge is -2.26. The zero-order valence-electron chi connectivity index (χ0n) is 18.2. The first-order valence-electron chi connectivity index (χ1n) is 11.5. The van der Waals surface area contributed by atoms with Crippen LogP contribution in [0.3, 0.4) is 0 Å². The standard InChI is InChI=1S/C26H33NO4/c28-25(27-18-6-4-7-19-27)9-5-2-1-3-8-20-31-24-16-14-22(15-17-24)21-10-12-23(13-11-21)26(29)30/h10-17H,1-9,18-20H2,(H,29,30). The first kappa shape index (κ1) is 22.9. The minimum Gasteiger partial charge on any atom is -0.494 e. The van der Waals surface area contributed by atoms with Crippen molar-refractivity contribution >= 4 is 11.9 Å². The maximum atomic E-state index is 12.1. The number of likely N-dealkylation sites (tertiary alicyclic amines) is 1. The lowest BCUT2D eigenvalue weighted by Crippen LogP contribution is -2.35. The molecule has 0 atom stereocenters. The molecule has 0 spiro atoms. The molecule has 1 fully saturated rings. The first-order valence-corrected chi connectivity index (χ1v) is 11.5. The van der Waals surface area contributed by atoms with Crippen molar-refractivity contribution in [2.45, 2.75) is 57.8 Å². The molecule has 3 rings (SSSR count). The highest BCUT2D eigenvalue weighted by atomic mass is 16.5. The number of ether oxygens (including phenoxy) is 1. The number of nitrogens with zero attached hydrogens (tertiary/aromatic N) is 1. The highest BCUT2D eigenvalue weighted by molar-refractivity contribution is 5.88. The molecule has 2 aromatic carbocycles. The van der Waals surface area contributed by atoms with E-state index in [1.807, 2.05) is 41.3 Å². The van der Waals surface area contributed by atoms with Crippen molar-refractivity contribution < 1.29 is 19.4 Å². The molecular formula is C26H33NO4. The summed E-state index contributed by atoms with van der Waals surface area (Å²) >= 11 is 0. The fourth-order valence-electron chi connectivity index (χ4n) is 3.95. The number of benzene rings is 2. The Hall–Kier alpha value is -2.82. The predicted molar refractivity (Wildman–Crippen MR) is 122 cm³/mol. The number of hydrogen-bond donors (Lipinski definition) is 1. The number of carbonyl (C=O) groups is 2. The molecule has 1 saturated heterocycles. The van der Waals surface area contributed by atoms with Crippen molar-refractivity contribution in [3.8, 4) is 16.9 Å². The number of carboxylic acids is 1. The third kappa shape index (κ3) is 7.42. The SMILES string of the molecule is O=C(O)c1ccc(-c2ccc(OCCCCCCCC(=O)N3CCCCC3)cc2)cc1. The van der Waals surface area contributed by atoms with Crippen LogP contribution in [0.1, 0.15) is 68.1 Å². The minimum atomic E-state index is -0.916. The molecule has 0 saturated carbocycles. The normalized spacial score (nSPS) is 13.7. The van der Waals surface area contributed by atoms with Crippen LogP contribution in [0.25, 0.3) is 11.1 Å². The number of unbranched alkanes of at least 4 members (excludes halogenated alkanes) is 4. The van der Waals surface area contributed by atoms with Gasteiger partial charge in [0.2, 0.25) is 5.91 Å². The van der Waals surface area contributed by atoms with Gasteiger partial charge >= 0.3 is 5.97 Å². The lowest BCUT2D eigenvalue weighted by atomic mass is 10.0. The Labute approximate surface area is 185 Å². The Bertz CT molecular complexity index is 823. The number of hydrogen-bond acceptors (Lipinski definition) is 3. The molecule has 1 amide bonds. The van der Waals surface area contributed by atoms with Gasteiger partial charge in [-0.2, -0.15) is 0 Å². The van der Waals surface area contributed by atoms with E-state index >= 15 is 0 Å². The molecule has 0 bridgehead atoms. The van der Waals surface area contributed by atoms with Gasteiger partial charge in [-0.3, -0.25) is 4.79 Å². The number of piperidine rings is 1. The quantitative estimate of drug-likeness (QED) is 0.465. The van der Waals surface area contributed by atoms with Crippen molar-refractivity contribution in [2.24, 2.45) is 0 Å². The van der Waals surface area contributed by atoms with Crippen LogP contribution in [0, 0.1) is 0 Å². The topological polar surface area (TPSA) is 66.8 Å². The summed E-state index contributed by atoms with van der Waals surface area (Å²) in [6.07, 6.45) is 9.65. The fraction of sp³-hybridized carbons (Fsp3) is 0.462. The molecule has 5 heteroatoms.